The van der Waals surface area contributed by atoms with Crippen LogP contribution >= 0.6 is 0 Å². The van der Waals surface area contributed by atoms with E-state index in [1.54, 1.807) is 19.1 Å². The summed E-state index contributed by atoms with van der Waals surface area (Å²) in [5.41, 5.74) is 0.262. The zero-order valence-electron chi connectivity index (χ0n) is 23.7. The van der Waals surface area contributed by atoms with Gasteiger partial charge in [-0.2, -0.15) is 0 Å². The van der Waals surface area contributed by atoms with Crippen molar-refractivity contribution in [1.82, 2.24) is 0 Å². The Morgan fingerprint density at radius 3 is 2.51 bits per heavy atom. The Hall–Kier alpha value is -2.05. The van der Waals surface area contributed by atoms with Crippen LogP contribution in [0.3, 0.4) is 0 Å². The van der Waals surface area contributed by atoms with E-state index in [0.717, 1.165) is 44.9 Å². The van der Waals surface area contributed by atoms with Crippen LogP contribution in [-0.4, -0.2) is 42.6 Å². The summed E-state index contributed by atoms with van der Waals surface area (Å²) in [5.74, 6) is 0.921. The van der Waals surface area contributed by atoms with Crippen molar-refractivity contribution >= 4 is 17.5 Å². The second kappa shape index (κ2) is 10.4. The monoisotopic (exact) mass is 536 g/mol. The van der Waals surface area contributed by atoms with Crippen molar-refractivity contribution in [3.05, 3.63) is 35.9 Å². The molecule has 6 rings (SSSR count). The minimum absolute atomic E-state index is 0.00855. The van der Waals surface area contributed by atoms with E-state index in [2.05, 4.69) is 13.8 Å². The van der Waals surface area contributed by atoms with Crippen LogP contribution in [0.2, 0.25) is 0 Å². The van der Waals surface area contributed by atoms with Crippen LogP contribution in [0.1, 0.15) is 95.3 Å². The largest absolute Gasteiger partial charge is 0.458 e. The van der Waals surface area contributed by atoms with Gasteiger partial charge in [0.2, 0.25) is 0 Å². The van der Waals surface area contributed by atoms with Crippen LogP contribution in [-0.2, 0) is 23.8 Å². The van der Waals surface area contributed by atoms with Crippen molar-refractivity contribution in [3.8, 4) is 0 Å². The molecule has 39 heavy (non-hydrogen) atoms. The zero-order chi connectivity index (χ0) is 27.4. The number of Topliss-reactive ketones (excluding diaryl/α,β-unsaturated/α-hetero) is 2. The van der Waals surface area contributed by atoms with Crippen LogP contribution < -0.4 is 0 Å². The quantitative estimate of drug-likeness (QED) is 0.420. The molecule has 0 bridgehead atoms. The molecule has 0 radical (unpaired) electrons. The number of carbonyl (C=O) groups excluding carboxylic acids is 3. The summed E-state index contributed by atoms with van der Waals surface area (Å²) in [7, 11) is 0. The van der Waals surface area contributed by atoms with E-state index in [9.17, 15) is 14.4 Å². The zero-order valence-corrected chi connectivity index (χ0v) is 23.7. The molecule has 1 aliphatic heterocycles. The van der Waals surface area contributed by atoms with Gasteiger partial charge in [0, 0.05) is 31.3 Å². The molecule has 1 aromatic rings. The molecule has 10 atom stereocenters. The average molecular weight is 537 g/mol. The lowest BCUT2D eigenvalue weighted by Crippen LogP contribution is -2.64. The van der Waals surface area contributed by atoms with Crippen molar-refractivity contribution in [1.29, 1.82) is 0 Å². The summed E-state index contributed by atoms with van der Waals surface area (Å²) in [5, 5.41) is 0. The first-order chi connectivity index (χ1) is 18.7. The van der Waals surface area contributed by atoms with E-state index < -0.39 is 0 Å². The fraction of sp³-hybridized carbons (Fsp3) is 0.727. The Morgan fingerprint density at radius 1 is 1.00 bits per heavy atom. The van der Waals surface area contributed by atoms with E-state index in [4.69, 9.17) is 14.2 Å². The molecule has 1 heterocycles. The van der Waals surface area contributed by atoms with Gasteiger partial charge in [-0.3, -0.25) is 9.59 Å². The SMILES string of the molecule is CC(=O)C1CCC2C3C(OC(=O)c4ccccc4)C[C@@H]4CC(=O)CC[C@]4(C)C3C(OC3CCCCO3)C[C@]12C. The van der Waals surface area contributed by atoms with Crippen molar-refractivity contribution in [2.75, 3.05) is 6.61 Å². The predicted octanol–water partition coefficient (Wildman–Crippen LogP) is 6.16. The third-order valence-electron chi connectivity index (χ3n) is 11.6. The number of fused-ring (bicyclic) bond motifs is 5. The van der Waals surface area contributed by atoms with Gasteiger partial charge in [0.25, 0.3) is 0 Å². The molecule has 0 spiro atoms. The van der Waals surface area contributed by atoms with Crippen molar-refractivity contribution in [3.63, 3.8) is 0 Å². The van der Waals surface area contributed by atoms with Gasteiger partial charge in [-0.15, -0.1) is 0 Å². The Kier molecular flexibility index (Phi) is 7.24. The first kappa shape index (κ1) is 27.1. The maximum absolute atomic E-state index is 13.4. The molecule has 212 valence electrons. The molecular formula is C33H44O6. The summed E-state index contributed by atoms with van der Waals surface area (Å²) in [6.07, 6.45) is 7.76. The van der Waals surface area contributed by atoms with Gasteiger partial charge in [-0.05, 0) is 99.0 Å². The van der Waals surface area contributed by atoms with Crippen molar-refractivity contribution in [2.45, 2.75) is 103 Å². The van der Waals surface area contributed by atoms with Gasteiger partial charge in [0.1, 0.15) is 17.7 Å². The summed E-state index contributed by atoms with van der Waals surface area (Å²) < 4.78 is 19.5. The number of ketones is 2. The minimum Gasteiger partial charge on any atom is -0.458 e. The van der Waals surface area contributed by atoms with Gasteiger partial charge in [0.15, 0.2) is 6.29 Å². The maximum atomic E-state index is 13.4. The Labute approximate surface area is 232 Å². The summed E-state index contributed by atoms with van der Waals surface area (Å²) >= 11 is 0. The first-order valence-electron chi connectivity index (χ1n) is 15.3. The first-order valence-corrected chi connectivity index (χ1v) is 15.3. The minimum atomic E-state index is -0.305. The molecule has 0 N–H and O–H groups in total. The number of hydrogen-bond acceptors (Lipinski definition) is 6. The number of hydrogen-bond donors (Lipinski definition) is 0. The van der Waals surface area contributed by atoms with Crippen LogP contribution in [0.5, 0.6) is 0 Å². The van der Waals surface area contributed by atoms with E-state index >= 15 is 0 Å². The lowest BCUT2D eigenvalue weighted by atomic mass is 9.43. The van der Waals surface area contributed by atoms with Gasteiger partial charge in [-0.25, -0.2) is 4.79 Å². The lowest BCUT2D eigenvalue weighted by molar-refractivity contribution is -0.265. The van der Waals surface area contributed by atoms with E-state index in [1.165, 1.54) is 0 Å². The molecule has 0 aromatic heterocycles. The number of esters is 1. The molecule has 1 aromatic carbocycles. The van der Waals surface area contributed by atoms with Gasteiger partial charge in [-0.1, -0.05) is 32.0 Å². The standard InChI is InChI=1S/C33H44O6/c1-20(34)24-12-13-25-29-26(39-31(36)21-9-5-4-6-10-21)18-22-17-23(35)14-15-32(22,2)30(29)27(19-33(24,25)3)38-28-11-7-8-16-37-28/h4-6,9-10,22,24-30H,7-8,11-19H2,1-3H3/t22-,24?,25?,26?,27?,28?,29?,30?,32-,33+/m0/s1. The Morgan fingerprint density at radius 2 is 1.79 bits per heavy atom. The fourth-order valence-electron chi connectivity index (χ4n) is 9.78. The second-order valence-corrected chi connectivity index (χ2v) is 13.6. The smallest absolute Gasteiger partial charge is 0.338 e. The van der Waals surface area contributed by atoms with E-state index in [0.29, 0.717) is 37.2 Å². The molecule has 4 aliphatic carbocycles. The molecule has 6 heteroatoms. The summed E-state index contributed by atoms with van der Waals surface area (Å²) in [4.78, 5) is 39.1. The van der Waals surface area contributed by atoms with Crippen LogP contribution in [0, 0.1) is 40.4 Å². The van der Waals surface area contributed by atoms with Crippen molar-refractivity contribution in [2.24, 2.45) is 40.4 Å². The number of carbonyl (C=O) groups is 3. The number of ether oxygens (including phenoxy) is 3. The molecule has 5 aliphatic rings. The third kappa shape index (κ3) is 4.69. The number of rotatable bonds is 5. The molecule has 6 nitrogen and oxygen atoms in total. The normalized spacial score (nSPS) is 43.6. The molecule has 5 fully saturated rings. The molecule has 0 amide bonds. The van der Waals surface area contributed by atoms with Crippen LogP contribution in [0.4, 0.5) is 0 Å². The highest BCUT2D eigenvalue weighted by atomic mass is 16.7. The molecular weight excluding hydrogens is 492 g/mol. The van der Waals surface area contributed by atoms with Gasteiger partial charge >= 0.3 is 5.97 Å². The lowest BCUT2D eigenvalue weighted by Gasteiger charge is -2.64. The van der Waals surface area contributed by atoms with Gasteiger partial charge < -0.3 is 14.2 Å². The predicted molar refractivity (Wildman–Crippen MR) is 146 cm³/mol. The van der Waals surface area contributed by atoms with Crippen LogP contribution in [0.25, 0.3) is 0 Å². The number of benzene rings is 1. The average Bonchev–Trinajstić information content (AvgIpc) is 3.27. The topological polar surface area (TPSA) is 78.9 Å². The summed E-state index contributed by atoms with van der Waals surface area (Å²) in [6.45, 7) is 7.12. The molecule has 7 unspecified atom stereocenters. The maximum Gasteiger partial charge on any atom is 0.338 e. The van der Waals surface area contributed by atoms with Crippen LogP contribution in [0.15, 0.2) is 30.3 Å². The highest BCUT2D eigenvalue weighted by molar-refractivity contribution is 5.89. The van der Waals surface area contributed by atoms with E-state index in [-0.39, 0.29) is 70.7 Å². The Bertz CT molecular complexity index is 1090. The van der Waals surface area contributed by atoms with Gasteiger partial charge in [0.05, 0.1) is 11.7 Å². The highest BCUT2D eigenvalue weighted by Gasteiger charge is 2.67. The highest BCUT2D eigenvalue weighted by Crippen LogP contribution is 2.68. The Balaban J connectivity index is 1.41. The second-order valence-electron chi connectivity index (χ2n) is 13.6. The molecule has 4 saturated carbocycles. The van der Waals surface area contributed by atoms with Crippen molar-refractivity contribution < 1.29 is 28.6 Å². The third-order valence-corrected chi connectivity index (χ3v) is 11.6. The summed E-state index contributed by atoms with van der Waals surface area (Å²) in [6, 6.07) is 9.22. The molecule has 1 saturated heterocycles. The fourth-order valence-corrected chi connectivity index (χ4v) is 9.78. The van der Waals surface area contributed by atoms with E-state index in [1.807, 2.05) is 18.2 Å².